The highest BCUT2D eigenvalue weighted by atomic mass is 19.1. The lowest BCUT2D eigenvalue weighted by molar-refractivity contribution is 0.101. The molecule has 1 aromatic heterocycles. The predicted molar refractivity (Wildman–Crippen MR) is 51.7 cm³/mol. The highest BCUT2D eigenvalue weighted by Crippen LogP contribution is 2.17. The summed E-state index contributed by atoms with van der Waals surface area (Å²) in [5.74, 6) is -0.505. The maximum atomic E-state index is 12.9. The molecule has 0 unspecified atom stereocenters. The van der Waals surface area contributed by atoms with Crippen LogP contribution in [0.15, 0.2) is 30.5 Å². The molecule has 0 atom stereocenters. The summed E-state index contributed by atoms with van der Waals surface area (Å²) in [6, 6.07) is 6.50. The lowest BCUT2D eigenvalue weighted by Crippen LogP contribution is -1.94. The molecule has 3 heteroatoms. The zero-order valence-corrected chi connectivity index (χ0v) is 7.62. The molecule has 0 aliphatic carbocycles. The topological polar surface area (TPSA) is 30.0 Å². The molecule has 0 radical (unpaired) electrons. The molecule has 14 heavy (non-hydrogen) atoms. The first-order chi connectivity index (χ1) is 6.68. The highest BCUT2D eigenvalue weighted by Gasteiger charge is 2.06. The van der Waals surface area contributed by atoms with Gasteiger partial charge in [0, 0.05) is 10.9 Å². The zero-order chi connectivity index (χ0) is 10.1. The summed E-state index contributed by atoms with van der Waals surface area (Å²) in [7, 11) is 0. The maximum absolute atomic E-state index is 12.9. The Kier molecular flexibility index (Phi) is 2.00. The van der Waals surface area contributed by atoms with Crippen LogP contribution >= 0.6 is 0 Å². The van der Waals surface area contributed by atoms with Crippen LogP contribution in [-0.4, -0.2) is 10.8 Å². The number of hydrogen-bond acceptors (Lipinski definition) is 2. The van der Waals surface area contributed by atoms with Crippen LogP contribution in [0.3, 0.4) is 0 Å². The van der Waals surface area contributed by atoms with Gasteiger partial charge in [0.25, 0.3) is 0 Å². The smallest absolute Gasteiger partial charge is 0.160 e. The highest BCUT2D eigenvalue weighted by molar-refractivity contribution is 6.06. The molecule has 0 bridgehead atoms. The summed E-state index contributed by atoms with van der Waals surface area (Å²) in [6.45, 7) is 1.46. The van der Waals surface area contributed by atoms with E-state index in [0.29, 0.717) is 16.5 Å². The summed E-state index contributed by atoms with van der Waals surface area (Å²) in [6.07, 6.45) is 1.15. The van der Waals surface area contributed by atoms with Crippen molar-refractivity contribution < 1.29 is 9.18 Å². The molecule has 2 aromatic rings. The lowest BCUT2D eigenvalue weighted by Gasteiger charge is -2.01. The van der Waals surface area contributed by atoms with Crippen LogP contribution in [-0.2, 0) is 0 Å². The second kappa shape index (κ2) is 3.18. The minimum atomic E-state index is -0.425. The van der Waals surface area contributed by atoms with E-state index in [2.05, 4.69) is 4.98 Å². The molecular weight excluding hydrogens is 181 g/mol. The number of carbonyl (C=O) groups is 1. The van der Waals surface area contributed by atoms with Crippen molar-refractivity contribution in [2.24, 2.45) is 0 Å². The molecule has 1 aromatic carbocycles. The first-order valence-electron chi connectivity index (χ1n) is 4.23. The van der Waals surface area contributed by atoms with Crippen LogP contribution in [0.1, 0.15) is 17.3 Å². The summed E-state index contributed by atoms with van der Waals surface area (Å²) in [4.78, 5) is 15.1. The van der Waals surface area contributed by atoms with Crippen molar-refractivity contribution in [3.05, 3.63) is 41.8 Å². The number of benzene rings is 1. The third-order valence-electron chi connectivity index (χ3n) is 2.07. The summed E-state index contributed by atoms with van der Waals surface area (Å²) < 4.78 is 12.9. The number of pyridine rings is 1. The van der Waals surface area contributed by atoms with Crippen molar-refractivity contribution in [1.82, 2.24) is 4.98 Å². The number of nitrogens with zero attached hydrogens (tertiary/aromatic N) is 1. The number of rotatable bonds is 1. The summed E-state index contributed by atoms with van der Waals surface area (Å²) in [5.41, 5.74) is 1.15. The second-order valence-corrected chi connectivity index (χ2v) is 3.08. The van der Waals surface area contributed by atoms with Gasteiger partial charge < -0.3 is 0 Å². The first-order valence-corrected chi connectivity index (χ1v) is 4.23. The number of ketones is 1. The van der Waals surface area contributed by atoms with Gasteiger partial charge in [-0.1, -0.05) is 12.1 Å². The fraction of sp³-hybridized carbons (Fsp3) is 0.0909. The Balaban J connectivity index is 2.84. The van der Waals surface area contributed by atoms with E-state index in [0.717, 1.165) is 6.20 Å². The standard InChI is InChI=1S/C11H8FNO/c1-7(14)9-3-2-4-11-10(9)5-8(12)6-13-11/h2-6H,1H3. The normalized spacial score (nSPS) is 10.4. The Bertz CT molecular complexity index is 508. The van der Waals surface area contributed by atoms with E-state index in [1.54, 1.807) is 18.2 Å². The number of carbonyl (C=O) groups excluding carboxylic acids is 1. The average Bonchev–Trinajstić information content (AvgIpc) is 2.16. The van der Waals surface area contributed by atoms with Gasteiger partial charge in [0.1, 0.15) is 5.82 Å². The summed E-state index contributed by atoms with van der Waals surface area (Å²) >= 11 is 0. The number of hydrogen-bond donors (Lipinski definition) is 0. The van der Waals surface area contributed by atoms with Crippen LogP contribution in [0.4, 0.5) is 4.39 Å². The molecule has 0 saturated carbocycles. The SMILES string of the molecule is CC(=O)c1cccc2ncc(F)cc12. The minimum absolute atomic E-state index is 0.0806. The second-order valence-electron chi connectivity index (χ2n) is 3.08. The Labute approximate surface area is 80.4 Å². The quantitative estimate of drug-likeness (QED) is 0.645. The van der Waals surface area contributed by atoms with E-state index in [4.69, 9.17) is 0 Å². The van der Waals surface area contributed by atoms with Crippen molar-refractivity contribution >= 4 is 16.7 Å². The molecule has 0 aliphatic rings. The van der Waals surface area contributed by atoms with E-state index < -0.39 is 5.82 Å². The Hall–Kier alpha value is -1.77. The predicted octanol–water partition coefficient (Wildman–Crippen LogP) is 2.58. The summed E-state index contributed by atoms with van der Waals surface area (Å²) in [5, 5.41) is 0.569. The number of halogens is 1. The fourth-order valence-electron chi connectivity index (χ4n) is 1.43. The van der Waals surface area contributed by atoms with Crippen LogP contribution in [0.2, 0.25) is 0 Å². The van der Waals surface area contributed by atoms with E-state index in [9.17, 15) is 9.18 Å². The van der Waals surface area contributed by atoms with Crippen LogP contribution < -0.4 is 0 Å². The van der Waals surface area contributed by atoms with Gasteiger partial charge >= 0.3 is 0 Å². The van der Waals surface area contributed by atoms with Gasteiger partial charge in [-0.3, -0.25) is 9.78 Å². The van der Waals surface area contributed by atoms with Gasteiger partial charge in [-0.2, -0.15) is 0 Å². The molecule has 0 saturated heterocycles. The minimum Gasteiger partial charge on any atom is -0.294 e. The first kappa shape index (κ1) is 8.81. The van der Waals surface area contributed by atoms with E-state index >= 15 is 0 Å². The van der Waals surface area contributed by atoms with Crippen molar-refractivity contribution in [1.29, 1.82) is 0 Å². The van der Waals surface area contributed by atoms with E-state index in [1.165, 1.54) is 13.0 Å². The van der Waals surface area contributed by atoms with E-state index in [-0.39, 0.29) is 5.78 Å². The van der Waals surface area contributed by atoms with Crippen molar-refractivity contribution in [3.8, 4) is 0 Å². The average molecular weight is 189 g/mol. The number of fused-ring (bicyclic) bond motifs is 1. The zero-order valence-electron chi connectivity index (χ0n) is 7.62. The van der Waals surface area contributed by atoms with Gasteiger partial charge in [0.2, 0.25) is 0 Å². The Morgan fingerprint density at radius 2 is 2.21 bits per heavy atom. The molecular formula is C11H8FNO. The molecule has 2 rings (SSSR count). The van der Waals surface area contributed by atoms with Crippen LogP contribution in [0, 0.1) is 5.82 Å². The monoisotopic (exact) mass is 189 g/mol. The van der Waals surface area contributed by atoms with Gasteiger partial charge in [-0.25, -0.2) is 4.39 Å². The Morgan fingerprint density at radius 1 is 1.43 bits per heavy atom. The van der Waals surface area contributed by atoms with Gasteiger partial charge in [-0.15, -0.1) is 0 Å². The van der Waals surface area contributed by atoms with Crippen molar-refractivity contribution in [3.63, 3.8) is 0 Å². The molecule has 0 spiro atoms. The molecule has 2 nitrogen and oxygen atoms in total. The van der Waals surface area contributed by atoms with Crippen molar-refractivity contribution in [2.45, 2.75) is 6.92 Å². The molecule has 0 fully saturated rings. The molecule has 0 N–H and O–H groups in total. The molecule has 0 amide bonds. The number of aromatic nitrogens is 1. The maximum Gasteiger partial charge on any atom is 0.160 e. The fourth-order valence-corrected chi connectivity index (χ4v) is 1.43. The molecule has 1 heterocycles. The lowest BCUT2D eigenvalue weighted by atomic mass is 10.1. The third-order valence-corrected chi connectivity index (χ3v) is 2.07. The van der Waals surface area contributed by atoms with Crippen molar-refractivity contribution in [2.75, 3.05) is 0 Å². The van der Waals surface area contributed by atoms with Crippen LogP contribution in [0.25, 0.3) is 10.9 Å². The van der Waals surface area contributed by atoms with Gasteiger partial charge in [-0.05, 0) is 19.1 Å². The largest absolute Gasteiger partial charge is 0.294 e. The van der Waals surface area contributed by atoms with Gasteiger partial charge in [0.05, 0.1) is 11.7 Å². The van der Waals surface area contributed by atoms with Crippen LogP contribution in [0.5, 0.6) is 0 Å². The molecule has 0 aliphatic heterocycles. The molecule has 70 valence electrons. The van der Waals surface area contributed by atoms with E-state index in [1.807, 2.05) is 0 Å². The van der Waals surface area contributed by atoms with Gasteiger partial charge in [0.15, 0.2) is 5.78 Å². The number of Topliss-reactive ketones (excluding diaryl/α,β-unsaturated/α-hetero) is 1. The third kappa shape index (κ3) is 1.37. The Morgan fingerprint density at radius 3 is 2.93 bits per heavy atom.